The van der Waals surface area contributed by atoms with Crippen LogP contribution < -0.4 is 4.90 Å². The molecule has 0 fully saturated rings. The molecule has 0 N–H and O–H groups in total. The topological polar surface area (TPSA) is 37.4 Å². The predicted molar refractivity (Wildman–Crippen MR) is 53.5 cm³/mol. The van der Waals surface area contributed by atoms with Gasteiger partial charge in [-0.1, -0.05) is 6.07 Å². The lowest BCUT2D eigenvalue weighted by molar-refractivity contribution is -0.117. The van der Waals surface area contributed by atoms with Gasteiger partial charge in [0.05, 0.1) is 17.7 Å². The minimum absolute atomic E-state index is 0.0137. The van der Waals surface area contributed by atoms with Crippen LogP contribution in [0.25, 0.3) is 0 Å². The molecule has 1 amide bonds. The molecule has 1 aliphatic rings. The Hall–Kier alpha value is -1.71. The lowest BCUT2D eigenvalue weighted by Gasteiger charge is -2.16. The smallest absolute Gasteiger partial charge is 0.231 e. The van der Waals surface area contributed by atoms with E-state index >= 15 is 0 Å². The maximum absolute atomic E-state index is 13.3. The van der Waals surface area contributed by atoms with Crippen LogP contribution in [0.2, 0.25) is 0 Å². The van der Waals surface area contributed by atoms with Crippen LogP contribution >= 0.6 is 0 Å². The highest BCUT2D eigenvalue weighted by atomic mass is 19.1. The molecule has 15 heavy (non-hydrogen) atoms. The van der Waals surface area contributed by atoms with Crippen molar-refractivity contribution in [1.82, 2.24) is 0 Å². The highest BCUT2D eigenvalue weighted by Crippen LogP contribution is 2.32. The summed E-state index contributed by atoms with van der Waals surface area (Å²) in [6.07, 6.45) is 0.722. The maximum atomic E-state index is 13.3. The number of halogens is 1. The van der Waals surface area contributed by atoms with E-state index in [2.05, 4.69) is 0 Å². The van der Waals surface area contributed by atoms with Gasteiger partial charge in [-0.15, -0.1) is 0 Å². The summed E-state index contributed by atoms with van der Waals surface area (Å²) in [6.45, 7) is 2.25. The zero-order valence-electron chi connectivity index (χ0n) is 8.29. The SMILES string of the molecule is CCN1C(=O)Cc2ccc(F)c(C=O)c21. The molecule has 0 saturated carbocycles. The van der Waals surface area contributed by atoms with Gasteiger partial charge < -0.3 is 4.90 Å². The van der Waals surface area contributed by atoms with E-state index in [0.29, 0.717) is 18.5 Å². The Labute approximate surface area is 86.5 Å². The standard InChI is InChI=1S/C11H10FNO2/c1-2-13-10(15)5-7-3-4-9(12)8(6-14)11(7)13/h3-4,6H,2,5H2,1H3. The monoisotopic (exact) mass is 207 g/mol. The summed E-state index contributed by atoms with van der Waals surface area (Å²) in [7, 11) is 0. The molecule has 0 saturated heterocycles. The van der Waals surface area contributed by atoms with Gasteiger partial charge in [-0.05, 0) is 18.6 Å². The molecule has 0 spiro atoms. The number of likely N-dealkylation sites (N-methyl/N-ethyl adjacent to an activating group) is 1. The quantitative estimate of drug-likeness (QED) is 0.690. The average molecular weight is 207 g/mol. The van der Waals surface area contributed by atoms with Gasteiger partial charge in [0.1, 0.15) is 5.82 Å². The third kappa shape index (κ3) is 1.33. The van der Waals surface area contributed by atoms with Crippen LogP contribution in [0.15, 0.2) is 12.1 Å². The number of carbonyl (C=O) groups is 2. The number of amides is 1. The predicted octanol–water partition coefficient (Wildman–Crippen LogP) is 1.55. The number of benzene rings is 1. The van der Waals surface area contributed by atoms with Crippen LogP contribution in [-0.2, 0) is 11.2 Å². The average Bonchev–Trinajstić information content (AvgIpc) is 2.54. The van der Waals surface area contributed by atoms with E-state index in [1.165, 1.54) is 11.0 Å². The number of rotatable bonds is 2. The van der Waals surface area contributed by atoms with Gasteiger partial charge in [-0.2, -0.15) is 0 Å². The van der Waals surface area contributed by atoms with Crippen molar-refractivity contribution in [1.29, 1.82) is 0 Å². The second kappa shape index (κ2) is 3.46. The molecule has 1 aromatic carbocycles. The van der Waals surface area contributed by atoms with Crippen LogP contribution in [0, 0.1) is 5.82 Å². The minimum Gasteiger partial charge on any atom is -0.311 e. The molecule has 0 atom stereocenters. The van der Waals surface area contributed by atoms with Crippen molar-refractivity contribution < 1.29 is 14.0 Å². The largest absolute Gasteiger partial charge is 0.311 e. The van der Waals surface area contributed by atoms with Crippen molar-refractivity contribution in [3.8, 4) is 0 Å². The maximum Gasteiger partial charge on any atom is 0.231 e. The van der Waals surface area contributed by atoms with E-state index in [1.807, 2.05) is 0 Å². The molecule has 78 valence electrons. The first-order valence-corrected chi connectivity index (χ1v) is 4.76. The van der Waals surface area contributed by atoms with E-state index in [9.17, 15) is 14.0 Å². The van der Waals surface area contributed by atoms with E-state index in [1.54, 1.807) is 13.0 Å². The molecular weight excluding hydrogens is 197 g/mol. The van der Waals surface area contributed by atoms with E-state index < -0.39 is 5.82 Å². The molecule has 0 bridgehead atoms. The van der Waals surface area contributed by atoms with Crippen molar-refractivity contribution in [2.45, 2.75) is 13.3 Å². The fraction of sp³-hybridized carbons (Fsp3) is 0.273. The van der Waals surface area contributed by atoms with Gasteiger partial charge in [-0.3, -0.25) is 9.59 Å². The van der Waals surface area contributed by atoms with Gasteiger partial charge >= 0.3 is 0 Å². The summed E-state index contributed by atoms with van der Waals surface area (Å²) >= 11 is 0. The first-order chi connectivity index (χ1) is 7.19. The van der Waals surface area contributed by atoms with Gasteiger partial charge in [-0.25, -0.2) is 4.39 Å². The highest BCUT2D eigenvalue weighted by Gasteiger charge is 2.29. The number of fused-ring (bicyclic) bond motifs is 1. The Morgan fingerprint density at radius 1 is 1.53 bits per heavy atom. The fourth-order valence-electron chi connectivity index (χ4n) is 1.92. The molecule has 1 aliphatic heterocycles. The molecule has 0 aromatic heterocycles. The van der Waals surface area contributed by atoms with Gasteiger partial charge in [0.2, 0.25) is 5.91 Å². The third-order valence-corrected chi connectivity index (χ3v) is 2.59. The van der Waals surface area contributed by atoms with Crippen LogP contribution in [0.4, 0.5) is 10.1 Å². The van der Waals surface area contributed by atoms with Gasteiger partial charge in [0.25, 0.3) is 0 Å². The van der Waals surface area contributed by atoms with Gasteiger partial charge in [0, 0.05) is 6.54 Å². The molecule has 1 heterocycles. The van der Waals surface area contributed by atoms with E-state index in [4.69, 9.17) is 0 Å². The van der Waals surface area contributed by atoms with Crippen molar-refractivity contribution in [3.63, 3.8) is 0 Å². The summed E-state index contributed by atoms with van der Waals surface area (Å²) in [4.78, 5) is 23.8. The van der Waals surface area contributed by atoms with E-state index in [-0.39, 0.29) is 17.9 Å². The zero-order chi connectivity index (χ0) is 11.0. The molecule has 0 aliphatic carbocycles. The number of hydrogen-bond acceptors (Lipinski definition) is 2. The normalized spacial score (nSPS) is 14.3. The Morgan fingerprint density at radius 3 is 2.87 bits per heavy atom. The van der Waals surface area contributed by atoms with Gasteiger partial charge in [0.15, 0.2) is 6.29 Å². The van der Waals surface area contributed by atoms with Crippen molar-refractivity contribution >= 4 is 17.9 Å². The molecule has 0 radical (unpaired) electrons. The number of anilines is 1. The first-order valence-electron chi connectivity index (χ1n) is 4.76. The van der Waals surface area contributed by atoms with Crippen molar-refractivity contribution in [3.05, 3.63) is 29.1 Å². The molecular formula is C11H10FNO2. The van der Waals surface area contributed by atoms with E-state index in [0.717, 1.165) is 5.56 Å². The summed E-state index contributed by atoms with van der Waals surface area (Å²) < 4.78 is 13.3. The van der Waals surface area contributed by atoms with Crippen LogP contribution in [0.5, 0.6) is 0 Å². The van der Waals surface area contributed by atoms with Crippen molar-refractivity contribution in [2.75, 3.05) is 11.4 Å². The number of carbonyl (C=O) groups excluding carboxylic acids is 2. The fourth-order valence-corrected chi connectivity index (χ4v) is 1.92. The lowest BCUT2D eigenvalue weighted by Crippen LogP contribution is -2.26. The molecule has 2 rings (SSSR count). The zero-order valence-corrected chi connectivity index (χ0v) is 8.29. The second-order valence-corrected chi connectivity index (χ2v) is 3.40. The number of hydrogen-bond donors (Lipinski definition) is 0. The Balaban J connectivity index is 2.66. The Morgan fingerprint density at radius 2 is 2.27 bits per heavy atom. The number of aldehydes is 1. The number of nitrogens with zero attached hydrogens (tertiary/aromatic N) is 1. The third-order valence-electron chi connectivity index (χ3n) is 2.59. The highest BCUT2D eigenvalue weighted by molar-refractivity contribution is 6.05. The Kier molecular flexibility index (Phi) is 2.26. The van der Waals surface area contributed by atoms with Crippen LogP contribution in [0.1, 0.15) is 22.8 Å². The summed E-state index contributed by atoms with van der Waals surface area (Å²) in [5.74, 6) is -0.655. The summed E-state index contributed by atoms with van der Waals surface area (Å²) in [5, 5.41) is 0. The van der Waals surface area contributed by atoms with Crippen molar-refractivity contribution in [2.24, 2.45) is 0 Å². The lowest BCUT2D eigenvalue weighted by atomic mass is 10.1. The van der Waals surface area contributed by atoms with Crippen LogP contribution in [-0.4, -0.2) is 18.7 Å². The second-order valence-electron chi connectivity index (χ2n) is 3.40. The first kappa shape index (κ1) is 9.83. The Bertz CT molecular complexity index is 442. The minimum atomic E-state index is -0.572. The van der Waals surface area contributed by atoms with Crippen LogP contribution in [0.3, 0.4) is 0 Å². The molecule has 1 aromatic rings. The molecule has 3 nitrogen and oxygen atoms in total. The summed E-state index contributed by atoms with van der Waals surface area (Å²) in [6, 6.07) is 2.79. The summed E-state index contributed by atoms with van der Waals surface area (Å²) in [5.41, 5.74) is 1.16. The molecule has 0 unspecified atom stereocenters. The molecule has 4 heteroatoms.